The third kappa shape index (κ3) is 2.73. The SMILES string of the molecule is CN(Cc1cccc(C#N)c1)C(=O)c1cncs1. The molecular weight excluding hydrogens is 246 g/mol. The molecule has 4 nitrogen and oxygen atoms in total. The molecule has 1 amide bonds. The topological polar surface area (TPSA) is 57.0 Å². The minimum Gasteiger partial charge on any atom is -0.337 e. The Hall–Kier alpha value is -2.19. The van der Waals surface area contributed by atoms with Gasteiger partial charge in [-0.3, -0.25) is 9.78 Å². The summed E-state index contributed by atoms with van der Waals surface area (Å²) in [7, 11) is 1.74. The van der Waals surface area contributed by atoms with E-state index in [1.54, 1.807) is 35.8 Å². The number of nitrogens with zero attached hydrogens (tertiary/aromatic N) is 3. The number of aromatic nitrogens is 1. The fraction of sp³-hybridized carbons (Fsp3) is 0.154. The molecule has 18 heavy (non-hydrogen) atoms. The molecular formula is C13H11N3OS. The number of hydrogen-bond acceptors (Lipinski definition) is 4. The summed E-state index contributed by atoms with van der Waals surface area (Å²) < 4.78 is 0. The highest BCUT2D eigenvalue weighted by Crippen LogP contribution is 2.12. The van der Waals surface area contributed by atoms with Crippen molar-refractivity contribution in [2.75, 3.05) is 7.05 Å². The molecule has 0 spiro atoms. The van der Waals surface area contributed by atoms with Gasteiger partial charge in [0.1, 0.15) is 4.88 Å². The first-order valence-electron chi connectivity index (χ1n) is 5.33. The first kappa shape index (κ1) is 12.3. The third-order valence-corrected chi connectivity index (χ3v) is 3.23. The molecule has 0 N–H and O–H groups in total. The molecule has 5 heteroatoms. The lowest BCUT2D eigenvalue weighted by molar-refractivity contribution is 0.0789. The molecule has 0 saturated carbocycles. The van der Waals surface area contributed by atoms with E-state index in [1.807, 2.05) is 12.1 Å². The summed E-state index contributed by atoms with van der Waals surface area (Å²) in [6.07, 6.45) is 1.56. The van der Waals surface area contributed by atoms with Crippen LogP contribution in [0.3, 0.4) is 0 Å². The summed E-state index contributed by atoms with van der Waals surface area (Å²) in [4.78, 5) is 18.1. The molecule has 90 valence electrons. The van der Waals surface area contributed by atoms with Gasteiger partial charge >= 0.3 is 0 Å². The van der Waals surface area contributed by atoms with Crippen LogP contribution in [0.15, 0.2) is 36.0 Å². The van der Waals surface area contributed by atoms with Crippen molar-refractivity contribution >= 4 is 17.2 Å². The summed E-state index contributed by atoms with van der Waals surface area (Å²) in [5.74, 6) is -0.0557. The van der Waals surface area contributed by atoms with E-state index in [2.05, 4.69) is 11.1 Å². The number of hydrogen-bond donors (Lipinski definition) is 0. The second-order valence-electron chi connectivity index (χ2n) is 3.84. The van der Waals surface area contributed by atoms with Gasteiger partial charge in [0.05, 0.1) is 23.3 Å². The van der Waals surface area contributed by atoms with Crippen LogP contribution in [0.4, 0.5) is 0 Å². The van der Waals surface area contributed by atoms with E-state index in [1.165, 1.54) is 11.3 Å². The maximum atomic E-state index is 12.0. The molecule has 0 aliphatic rings. The van der Waals surface area contributed by atoms with Gasteiger partial charge in [-0.25, -0.2) is 0 Å². The summed E-state index contributed by atoms with van der Waals surface area (Å²) >= 11 is 1.32. The smallest absolute Gasteiger partial charge is 0.265 e. The first-order chi connectivity index (χ1) is 8.70. The largest absolute Gasteiger partial charge is 0.337 e. The molecule has 0 bridgehead atoms. The van der Waals surface area contributed by atoms with E-state index >= 15 is 0 Å². The van der Waals surface area contributed by atoms with Crippen molar-refractivity contribution in [1.29, 1.82) is 5.26 Å². The lowest BCUT2D eigenvalue weighted by atomic mass is 10.1. The lowest BCUT2D eigenvalue weighted by Crippen LogP contribution is -2.25. The highest BCUT2D eigenvalue weighted by atomic mass is 32.1. The van der Waals surface area contributed by atoms with Crippen LogP contribution >= 0.6 is 11.3 Å². The number of amides is 1. The minimum atomic E-state index is -0.0557. The Kier molecular flexibility index (Phi) is 3.70. The zero-order valence-electron chi connectivity index (χ0n) is 9.83. The summed E-state index contributed by atoms with van der Waals surface area (Å²) in [5.41, 5.74) is 3.18. The average Bonchev–Trinajstić information content (AvgIpc) is 2.92. The molecule has 0 atom stereocenters. The molecule has 1 aromatic carbocycles. The normalized spacial score (nSPS) is 9.78. The van der Waals surface area contributed by atoms with Crippen molar-refractivity contribution in [3.05, 3.63) is 52.0 Å². The summed E-state index contributed by atoms with van der Waals surface area (Å²) in [6, 6.07) is 9.34. The molecule has 0 aliphatic carbocycles. The average molecular weight is 257 g/mol. The molecule has 0 radical (unpaired) electrons. The Morgan fingerprint density at radius 2 is 2.39 bits per heavy atom. The Morgan fingerprint density at radius 1 is 1.56 bits per heavy atom. The highest BCUT2D eigenvalue weighted by Gasteiger charge is 2.13. The summed E-state index contributed by atoms with van der Waals surface area (Å²) in [6.45, 7) is 0.478. The number of rotatable bonds is 3. The van der Waals surface area contributed by atoms with Crippen molar-refractivity contribution in [2.45, 2.75) is 6.54 Å². The molecule has 1 heterocycles. The fourth-order valence-electron chi connectivity index (χ4n) is 1.59. The van der Waals surface area contributed by atoms with Gasteiger partial charge in [-0.15, -0.1) is 11.3 Å². The predicted molar refractivity (Wildman–Crippen MR) is 69.1 cm³/mol. The van der Waals surface area contributed by atoms with E-state index in [9.17, 15) is 4.79 Å². The second-order valence-corrected chi connectivity index (χ2v) is 4.73. The van der Waals surface area contributed by atoms with Gasteiger partial charge in [-0.1, -0.05) is 12.1 Å². The lowest BCUT2D eigenvalue weighted by Gasteiger charge is -2.16. The predicted octanol–water partition coefficient (Wildman–Crippen LogP) is 2.29. The fourth-order valence-corrected chi connectivity index (χ4v) is 2.21. The molecule has 0 saturated heterocycles. The van der Waals surface area contributed by atoms with Crippen LogP contribution < -0.4 is 0 Å². The Bertz CT molecular complexity index is 587. The Balaban J connectivity index is 2.09. The monoisotopic (exact) mass is 257 g/mol. The molecule has 0 fully saturated rings. The van der Waals surface area contributed by atoms with Crippen molar-refractivity contribution in [3.8, 4) is 6.07 Å². The second kappa shape index (κ2) is 5.43. The number of benzene rings is 1. The molecule has 0 aliphatic heterocycles. The Labute approximate surface area is 109 Å². The molecule has 0 unspecified atom stereocenters. The van der Waals surface area contributed by atoms with Crippen LogP contribution in [0, 0.1) is 11.3 Å². The van der Waals surface area contributed by atoms with Gasteiger partial charge in [0.15, 0.2) is 0 Å². The first-order valence-corrected chi connectivity index (χ1v) is 6.21. The van der Waals surface area contributed by atoms with Crippen molar-refractivity contribution in [2.24, 2.45) is 0 Å². The van der Waals surface area contributed by atoms with Crippen LogP contribution in [-0.2, 0) is 6.54 Å². The van der Waals surface area contributed by atoms with Gasteiger partial charge in [0, 0.05) is 13.6 Å². The Morgan fingerprint density at radius 3 is 3.06 bits per heavy atom. The molecule has 1 aromatic heterocycles. The number of nitriles is 1. The van der Waals surface area contributed by atoms with E-state index in [0.29, 0.717) is 17.0 Å². The van der Waals surface area contributed by atoms with Crippen molar-refractivity contribution < 1.29 is 4.79 Å². The van der Waals surface area contributed by atoms with Crippen LogP contribution in [0.5, 0.6) is 0 Å². The number of carbonyl (C=O) groups excluding carboxylic acids is 1. The van der Waals surface area contributed by atoms with Crippen molar-refractivity contribution in [1.82, 2.24) is 9.88 Å². The van der Waals surface area contributed by atoms with Gasteiger partial charge < -0.3 is 4.90 Å². The number of thiazole rings is 1. The summed E-state index contributed by atoms with van der Waals surface area (Å²) in [5, 5.41) is 8.82. The van der Waals surface area contributed by atoms with Crippen LogP contribution in [-0.4, -0.2) is 22.8 Å². The zero-order chi connectivity index (χ0) is 13.0. The zero-order valence-corrected chi connectivity index (χ0v) is 10.6. The minimum absolute atomic E-state index is 0.0557. The van der Waals surface area contributed by atoms with Crippen molar-refractivity contribution in [3.63, 3.8) is 0 Å². The van der Waals surface area contributed by atoms with Crippen LogP contribution in [0.2, 0.25) is 0 Å². The molecule has 2 rings (SSSR count). The van der Waals surface area contributed by atoms with E-state index < -0.39 is 0 Å². The highest BCUT2D eigenvalue weighted by molar-refractivity contribution is 7.11. The maximum absolute atomic E-state index is 12.0. The van der Waals surface area contributed by atoms with Gasteiger partial charge in [-0.2, -0.15) is 5.26 Å². The van der Waals surface area contributed by atoms with E-state index in [0.717, 1.165) is 5.56 Å². The van der Waals surface area contributed by atoms with E-state index in [4.69, 9.17) is 5.26 Å². The van der Waals surface area contributed by atoms with Crippen LogP contribution in [0.1, 0.15) is 20.8 Å². The van der Waals surface area contributed by atoms with Gasteiger partial charge in [-0.05, 0) is 17.7 Å². The maximum Gasteiger partial charge on any atom is 0.265 e. The molecule has 2 aromatic rings. The standard InChI is InChI=1S/C13H11N3OS/c1-16(13(17)12-7-15-9-18-12)8-11-4-2-3-10(5-11)6-14/h2-5,7,9H,8H2,1H3. The number of carbonyl (C=O) groups is 1. The van der Waals surface area contributed by atoms with E-state index in [-0.39, 0.29) is 5.91 Å². The van der Waals surface area contributed by atoms with Crippen LogP contribution in [0.25, 0.3) is 0 Å². The van der Waals surface area contributed by atoms with Gasteiger partial charge in [0.25, 0.3) is 5.91 Å². The quantitative estimate of drug-likeness (QED) is 0.847. The third-order valence-electron chi connectivity index (χ3n) is 2.47. The van der Waals surface area contributed by atoms with Gasteiger partial charge in [0.2, 0.25) is 0 Å².